The van der Waals surface area contributed by atoms with Crippen LogP contribution in [0.2, 0.25) is 0 Å². The molecule has 2 aromatic rings. The highest BCUT2D eigenvalue weighted by molar-refractivity contribution is 6.02. The highest BCUT2D eigenvalue weighted by atomic mass is 19.1. The van der Waals surface area contributed by atoms with E-state index < -0.39 is 17.5 Å². The van der Waals surface area contributed by atoms with E-state index in [1.165, 1.54) is 36.4 Å². The number of nitrogens with one attached hydrogen (secondary N) is 1. The smallest absolute Gasteiger partial charge is 0.251 e. The maximum atomic E-state index is 12.7. The summed E-state index contributed by atoms with van der Waals surface area (Å²) < 4.78 is 25.4. The van der Waals surface area contributed by atoms with Crippen LogP contribution < -0.4 is 5.32 Å². The minimum Gasteiger partial charge on any atom is -0.345 e. The van der Waals surface area contributed by atoms with Gasteiger partial charge in [0.2, 0.25) is 0 Å². The molecule has 2 rings (SSSR count). The predicted octanol–water partition coefficient (Wildman–Crippen LogP) is 2.58. The molecular weight excluding hydrogens is 264 g/mol. The Hall–Kier alpha value is -2.56. The van der Waals surface area contributed by atoms with Gasteiger partial charge in [0.25, 0.3) is 5.91 Å². The average molecular weight is 275 g/mol. The van der Waals surface area contributed by atoms with Crippen molar-refractivity contribution in [1.29, 1.82) is 0 Å². The fourth-order valence-corrected chi connectivity index (χ4v) is 1.60. The third-order valence-electron chi connectivity index (χ3n) is 2.68. The molecule has 0 aliphatic rings. The van der Waals surface area contributed by atoms with Gasteiger partial charge in [0, 0.05) is 11.1 Å². The largest absolute Gasteiger partial charge is 0.345 e. The standard InChI is InChI=1S/C15H11F2NO2/c16-12-5-1-10(2-6-12)14(19)9-18-15(20)11-3-7-13(17)8-4-11/h1-8H,9H2,(H,18,20). The Morgan fingerprint density at radius 1 is 0.800 bits per heavy atom. The number of carbonyl (C=O) groups is 2. The second-order valence-corrected chi connectivity index (χ2v) is 4.12. The molecule has 0 bridgehead atoms. The lowest BCUT2D eigenvalue weighted by Crippen LogP contribution is -2.29. The molecule has 0 aromatic heterocycles. The molecular formula is C15H11F2NO2. The third-order valence-corrected chi connectivity index (χ3v) is 2.68. The number of Topliss-reactive ketones (excluding diaryl/α,β-unsaturated/α-hetero) is 1. The highest BCUT2D eigenvalue weighted by Crippen LogP contribution is 2.04. The lowest BCUT2D eigenvalue weighted by molar-refractivity contribution is 0.0904. The van der Waals surface area contributed by atoms with Crippen LogP contribution in [0.1, 0.15) is 20.7 Å². The van der Waals surface area contributed by atoms with Gasteiger partial charge in [-0.05, 0) is 48.5 Å². The molecule has 0 radical (unpaired) electrons. The molecule has 1 amide bonds. The second kappa shape index (κ2) is 6.06. The molecule has 0 aliphatic carbocycles. The molecule has 0 atom stereocenters. The maximum Gasteiger partial charge on any atom is 0.251 e. The summed E-state index contributed by atoms with van der Waals surface area (Å²) in [6.07, 6.45) is 0. The molecule has 20 heavy (non-hydrogen) atoms. The van der Waals surface area contributed by atoms with E-state index in [1.54, 1.807) is 0 Å². The zero-order chi connectivity index (χ0) is 14.5. The highest BCUT2D eigenvalue weighted by Gasteiger charge is 2.10. The van der Waals surface area contributed by atoms with E-state index in [0.29, 0.717) is 5.56 Å². The first-order valence-electron chi connectivity index (χ1n) is 5.89. The van der Waals surface area contributed by atoms with Crippen LogP contribution >= 0.6 is 0 Å². The minimum absolute atomic E-state index is 0.207. The molecule has 5 heteroatoms. The van der Waals surface area contributed by atoms with Crippen molar-refractivity contribution in [2.75, 3.05) is 6.54 Å². The van der Waals surface area contributed by atoms with Crippen molar-refractivity contribution in [2.24, 2.45) is 0 Å². The first-order chi connectivity index (χ1) is 9.56. The van der Waals surface area contributed by atoms with Gasteiger partial charge < -0.3 is 5.32 Å². The molecule has 0 heterocycles. The molecule has 2 aromatic carbocycles. The lowest BCUT2D eigenvalue weighted by Gasteiger charge is -2.05. The zero-order valence-corrected chi connectivity index (χ0v) is 10.4. The van der Waals surface area contributed by atoms with E-state index >= 15 is 0 Å². The van der Waals surface area contributed by atoms with Gasteiger partial charge in [0.05, 0.1) is 6.54 Å². The van der Waals surface area contributed by atoms with E-state index in [-0.39, 0.29) is 17.9 Å². The second-order valence-electron chi connectivity index (χ2n) is 4.12. The van der Waals surface area contributed by atoms with Crippen LogP contribution in [-0.2, 0) is 0 Å². The Kier molecular flexibility index (Phi) is 4.20. The Morgan fingerprint density at radius 3 is 1.75 bits per heavy atom. The van der Waals surface area contributed by atoms with Gasteiger partial charge >= 0.3 is 0 Å². The molecule has 0 spiro atoms. The van der Waals surface area contributed by atoms with Crippen molar-refractivity contribution in [3.05, 3.63) is 71.3 Å². The van der Waals surface area contributed by atoms with Crippen LogP contribution in [0.3, 0.4) is 0 Å². The first-order valence-corrected chi connectivity index (χ1v) is 5.89. The van der Waals surface area contributed by atoms with Crippen LogP contribution in [0.4, 0.5) is 8.78 Å². The normalized spacial score (nSPS) is 10.1. The molecule has 102 valence electrons. The average Bonchev–Trinajstić information content (AvgIpc) is 2.46. The summed E-state index contributed by atoms with van der Waals surface area (Å²) in [5, 5.41) is 2.43. The SMILES string of the molecule is O=C(CNC(=O)c1ccc(F)cc1)c1ccc(F)cc1. The Labute approximate surface area is 114 Å². The van der Waals surface area contributed by atoms with Crippen LogP contribution in [-0.4, -0.2) is 18.2 Å². The number of carbonyl (C=O) groups excluding carboxylic acids is 2. The van der Waals surface area contributed by atoms with Gasteiger partial charge in [-0.15, -0.1) is 0 Å². The fraction of sp³-hybridized carbons (Fsp3) is 0.0667. The third kappa shape index (κ3) is 3.47. The van der Waals surface area contributed by atoms with Gasteiger partial charge in [0.1, 0.15) is 11.6 Å². The van der Waals surface area contributed by atoms with Crippen molar-refractivity contribution in [2.45, 2.75) is 0 Å². The van der Waals surface area contributed by atoms with Gasteiger partial charge in [-0.1, -0.05) is 0 Å². The topological polar surface area (TPSA) is 46.2 Å². The van der Waals surface area contributed by atoms with Gasteiger partial charge in [-0.25, -0.2) is 8.78 Å². The van der Waals surface area contributed by atoms with Gasteiger partial charge in [-0.3, -0.25) is 9.59 Å². The van der Waals surface area contributed by atoms with Crippen LogP contribution in [0, 0.1) is 11.6 Å². The number of halogens is 2. The van der Waals surface area contributed by atoms with E-state index in [4.69, 9.17) is 0 Å². The summed E-state index contributed by atoms with van der Waals surface area (Å²) >= 11 is 0. The predicted molar refractivity (Wildman–Crippen MR) is 69.5 cm³/mol. The van der Waals surface area contributed by atoms with Crippen molar-refractivity contribution in [1.82, 2.24) is 5.32 Å². The Balaban J connectivity index is 1.94. The van der Waals surface area contributed by atoms with Crippen molar-refractivity contribution in [3.8, 4) is 0 Å². The monoisotopic (exact) mass is 275 g/mol. The van der Waals surface area contributed by atoms with Crippen LogP contribution in [0.15, 0.2) is 48.5 Å². The van der Waals surface area contributed by atoms with Crippen molar-refractivity contribution >= 4 is 11.7 Å². The summed E-state index contributed by atoms with van der Waals surface area (Å²) in [5.74, 6) is -1.68. The van der Waals surface area contributed by atoms with Crippen molar-refractivity contribution < 1.29 is 18.4 Å². The van der Waals surface area contributed by atoms with Crippen molar-refractivity contribution in [3.63, 3.8) is 0 Å². The number of hydrogen-bond acceptors (Lipinski definition) is 2. The quantitative estimate of drug-likeness (QED) is 0.872. The summed E-state index contributed by atoms with van der Waals surface area (Å²) in [6, 6.07) is 10.0. The van der Waals surface area contributed by atoms with E-state index in [2.05, 4.69) is 5.32 Å². The molecule has 0 unspecified atom stereocenters. The minimum atomic E-state index is -0.472. The van der Waals surface area contributed by atoms with Crippen LogP contribution in [0.25, 0.3) is 0 Å². The maximum absolute atomic E-state index is 12.7. The summed E-state index contributed by atoms with van der Waals surface area (Å²) in [7, 11) is 0. The first kappa shape index (κ1) is 13.9. The molecule has 0 aliphatic heterocycles. The molecule has 0 saturated heterocycles. The Morgan fingerprint density at radius 2 is 1.25 bits per heavy atom. The zero-order valence-electron chi connectivity index (χ0n) is 10.4. The molecule has 0 saturated carbocycles. The van der Waals surface area contributed by atoms with Crippen LogP contribution in [0.5, 0.6) is 0 Å². The molecule has 0 fully saturated rings. The summed E-state index contributed by atoms with van der Waals surface area (Å²) in [6.45, 7) is -0.207. The van der Waals surface area contributed by atoms with E-state index in [9.17, 15) is 18.4 Å². The Bertz CT molecular complexity index is 564. The summed E-state index contributed by atoms with van der Waals surface area (Å²) in [4.78, 5) is 23.4. The van der Waals surface area contributed by atoms with Gasteiger partial charge in [0.15, 0.2) is 5.78 Å². The van der Waals surface area contributed by atoms with Gasteiger partial charge in [-0.2, -0.15) is 0 Å². The number of ketones is 1. The number of rotatable bonds is 4. The molecule has 3 nitrogen and oxygen atoms in total. The van der Waals surface area contributed by atoms with E-state index in [1.807, 2.05) is 0 Å². The number of amides is 1. The molecule has 1 N–H and O–H groups in total. The number of benzene rings is 2. The van der Waals surface area contributed by atoms with E-state index in [0.717, 1.165) is 12.1 Å². The fourth-order valence-electron chi connectivity index (χ4n) is 1.60. The number of hydrogen-bond donors (Lipinski definition) is 1. The lowest BCUT2D eigenvalue weighted by atomic mass is 10.1. The summed E-state index contributed by atoms with van der Waals surface area (Å²) in [5.41, 5.74) is 0.573.